The molecule has 2 heterocycles. The second kappa shape index (κ2) is 4.68. The number of amides is 1. The number of ether oxygens (including phenoxy) is 2. The number of hydrogen-bond donors (Lipinski definition) is 1. The van der Waals surface area contributed by atoms with Gasteiger partial charge in [-0.3, -0.25) is 4.79 Å². The second-order valence-corrected chi connectivity index (χ2v) is 7.06. The van der Waals surface area contributed by atoms with Gasteiger partial charge in [0.25, 0.3) is 11.7 Å². The highest BCUT2D eigenvalue weighted by Gasteiger charge is 2.53. The molecule has 1 saturated carbocycles. The van der Waals surface area contributed by atoms with Crippen LogP contribution in [0.2, 0.25) is 0 Å². The van der Waals surface area contributed by atoms with E-state index in [1.807, 2.05) is 18.2 Å². The van der Waals surface area contributed by atoms with E-state index in [9.17, 15) is 4.79 Å². The average molecular weight is 385 g/mol. The molecule has 1 N–H and O–H groups in total. The lowest BCUT2D eigenvalue weighted by atomic mass is 10.0. The van der Waals surface area contributed by atoms with Crippen molar-refractivity contribution in [2.75, 3.05) is 11.9 Å². The summed E-state index contributed by atoms with van der Waals surface area (Å²) in [5.74, 6) is -0.612. The van der Waals surface area contributed by atoms with Gasteiger partial charge in [-0.1, -0.05) is 12.8 Å². The molecular weight excluding hydrogens is 369 g/mol. The summed E-state index contributed by atoms with van der Waals surface area (Å²) in [4.78, 5) is 12.4. The van der Waals surface area contributed by atoms with Gasteiger partial charge in [0.2, 0.25) is 0 Å². The van der Waals surface area contributed by atoms with Gasteiger partial charge in [-0.15, -0.1) is 0 Å². The lowest BCUT2D eigenvalue weighted by molar-refractivity contribution is -0.281. The van der Waals surface area contributed by atoms with Crippen LogP contribution in [-0.2, 0) is 20.1 Å². The summed E-state index contributed by atoms with van der Waals surface area (Å²) in [5.41, 5.74) is 1.64. The van der Waals surface area contributed by atoms with Crippen molar-refractivity contribution in [2.24, 2.45) is 5.92 Å². The minimum Gasteiger partial charge on any atom is -0.338 e. The molecule has 0 bridgehead atoms. The maximum Gasteiger partial charge on any atom is 0.289 e. The van der Waals surface area contributed by atoms with Crippen molar-refractivity contribution in [3.05, 3.63) is 27.3 Å². The number of benzene rings is 1. The summed E-state index contributed by atoms with van der Waals surface area (Å²) in [6.07, 6.45) is 4.66. The molecule has 0 aromatic heterocycles. The number of carbonyl (C=O) groups excluding carboxylic acids is 1. The highest BCUT2D eigenvalue weighted by molar-refractivity contribution is 14.1. The summed E-state index contributed by atoms with van der Waals surface area (Å²) in [5, 5.41) is 2.88. The summed E-state index contributed by atoms with van der Waals surface area (Å²) in [7, 11) is 0. The lowest BCUT2D eigenvalue weighted by Crippen LogP contribution is -2.47. The molecule has 1 aromatic carbocycles. The van der Waals surface area contributed by atoms with E-state index in [2.05, 4.69) is 27.9 Å². The van der Waals surface area contributed by atoms with Crippen molar-refractivity contribution >= 4 is 34.2 Å². The van der Waals surface area contributed by atoms with Gasteiger partial charge in [0, 0.05) is 9.13 Å². The number of rotatable bonds is 2. The zero-order valence-corrected chi connectivity index (χ0v) is 13.2. The van der Waals surface area contributed by atoms with Gasteiger partial charge < -0.3 is 14.8 Å². The van der Waals surface area contributed by atoms with Crippen LogP contribution in [0.5, 0.6) is 0 Å². The smallest absolute Gasteiger partial charge is 0.289 e. The first-order valence-electron chi connectivity index (χ1n) is 7.11. The Kier molecular flexibility index (Phi) is 3.05. The third-order valence-corrected chi connectivity index (χ3v) is 4.93. The molecule has 106 valence electrons. The number of carbonyl (C=O) groups is 1. The summed E-state index contributed by atoms with van der Waals surface area (Å²) < 4.78 is 13.0. The Morgan fingerprint density at radius 2 is 2.20 bits per heavy atom. The molecule has 2 fully saturated rings. The number of anilines is 1. The average Bonchev–Trinajstić information content (AvgIpc) is 3.20. The topological polar surface area (TPSA) is 47.6 Å². The predicted molar refractivity (Wildman–Crippen MR) is 82.2 cm³/mol. The van der Waals surface area contributed by atoms with Crippen LogP contribution < -0.4 is 5.32 Å². The number of fused-ring (bicyclic) bond motifs is 2. The lowest BCUT2D eigenvalue weighted by Gasteiger charge is -2.37. The zero-order chi connectivity index (χ0) is 13.7. The Hall–Kier alpha value is -0.660. The first kappa shape index (κ1) is 13.0. The minimum absolute atomic E-state index is 0.130. The highest BCUT2D eigenvalue weighted by atomic mass is 127. The van der Waals surface area contributed by atoms with E-state index in [0.717, 1.165) is 33.6 Å². The molecule has 1 spiro atoms. The highest BCUT2D eigenvalue weighted by Crippen LogP contribution is 2.45. The third kappa shape index (κ3) is 2.07. The van der Waals surface area contributed by atoms with Gasteiger partial charge in [-0.2, -0.15) is 0 Å². The molecule has 5 heteroatoms. The van der Waals surface area contributed by atoms with Crippen molar-refractivity contribution in [3.8, 4) is 0 Å². The fourth-order valence-electron chi connectivity index (χ4n) is 3.04. The Morgan fingerprint density at radius 3 is 3.00 bits per heavy atom. The molecule has 2 atom stereocenters. The molecule has 20 heavy (non-hydrogen) atoms. The molecule has 4 nitrogen and oxygen atoms in total. The molecule has 1 aromatic rings. The van der Waals surface area contributed by atoms with Gasteiger partial charge >= 0.3 is 0 Å². The molecule has 1 amide bonds. The monoisotopic (exact) mass is 385 g/mol. The Bertz CT molecular complexity index is 572. The summed E-state index contributed by atoms with van der Waals surface area (Å²) >= 11 is 2.24. The van der Waals surface area contributed by atoms with E-state index in [-0.39, 0.29) is 12.0 Å². The van der Waals surface area contributed by atoms with Crippen LogP contribution in [-0.4, -0.2) is 18.6 Å². The Labute approximate surface area is 131 Å². The summed E-state index contributed by atoms with van der Waals surface area (Å²) in [6, 6.07) is 5.87. The van der Waals surface area contributed by atoms with Crippen molar-refractivity contribution in [1.29, 1.82) is 0 Å². The van der Waals surface area contributed by atoms with Crippen LogP contribution in [0.4, 0.5) is 5.69 Å². The van der Waals surface area contributed by atoms with E-state index in [1.54, 1.807) is 0 Å². The van der Waals surface area contributed by atoms with Crippen LogP contribution in [0, 0.1) is 9.49 Å². The predicted octanol–water partition coefficient (Wildman–Crippen LogP) is 3.00. The van der Waals surface area contributed by atoms with Gasteiger partial charge in [0.1, 0.15) is 0 Å². The van der Waals surface area contributed by atoms with Crippen molar-refractivity contribution in [2.45, 2.75) is 37.6 Å². The molecular formula is C15H16INO3. The molecule has 0 radical (unpaired) electrons. The van der Waals surface area contributed by atoms with E-state index >= 15 is 0 Å². The molecule has 2 aliphatic heterocycles. The normalized spacial score (nSPS) is 32.2. The minimum atomic E-state index is -1.21. The van der Waals surface area contributed by atoms with Gasteiger partial charge in [0.15, 0.2) is 0 Å². The first-order valence-corrected chi connectivity index (χ1v) is 8.18. The van der Waals surface area contributed by atoms with E-state index in [1.165, 1.54) is 12.8 Å². The summed E-state index contributed by atoms with van der Waals surface area (Å²) in [6.45, 7) is 0.579. The van der Waals surface area contributed by atoms with Crippen LogP contribution in [0.25, 0.3) is 0 Å². The quantitative estimate of drug-likeness (QED) is 0.797. The molecule has 3 aliphatic rings. The standard InChI is InChI=1S/C15H16INO3/c16-10-3-4-13-12(8-10)15(14(18)17-13)19-6-5-11(20-15)7-9-1-2-9/h3-4,8-9,11H,1-2,5-7H2,(H,17,18)/t11?,15-/m1/s1. The van der Waals surface area contributed by atoms with Crippen molar-refractivity contribution < 1.29 is 14.3 Å². The van der Waals surface area contributed by atoms with Crippen LogP contribution in [0.15, 0.2) is 18.2 Å². The molecule has 1 saturated heterocycles. The maximum atomic E-state index is 12.4. The molecule has 1 unspecified atom stereocenters. The second-order valence-electron chi connectivity index (χ2n) is 5.82. The Balaban J connectivity index is 1.68. The third-order valence-electron chi connectivity index (χ3n) is 4.25. The van der Waals surface area contributed by atoms with Crippen LogP contribution in [0.1, 0.15) is 31.2 Å². The Morgan fingerprint density at radius 1 is 1.35 bits per heavy atom. The molecule has 1 aliphatic carbocycles. The number of nitrogens with one attached hydrogen (secondary N) is 1. The van der Waals surface area contributed by atoms with E-state index < -0.39 is 5.79 Å². The maximum absolute atomic E-state index is 12.4. The largest absolute Gasteiger partial charge is 0.338 e. The fourth-order valence-corrected chi connectivity index (χ4v) is 3.53. The van der Waals surface area contributed by atoms with E-state index in [4.69, 9.17) is 9.47 Å². The van der Waals surface area contributed by atoms with Crippen LogP contribution >= 0.6 is 22.6 Å². The van der Waals surface area contributed by atoms with Crippen molar-refractivity contribution in [1.82, 2.24) is 0 Å². The zero-order valence-electron chi connectivity index (χ0n) is 11.0. The first-order chi connectivity index (χ1) is 9.67. The number of hydrogen-bond acceptors (Lipinski definition) is 3. The SMILES string of the molecule is O=C1Nc2ccc(I)cc2[C@]12OCCC(CC1CC1)O2. The number of halogens is 1. The van der Waals surface area contributed by atoms with E-state index in [0.29, 0.717) is 6.61 Å². The van der Waals surface area contributed by atoms with Gasteiger partial charge in [-0.05, 0) is 59.5 Å². The molecule has 4 rings (SSSR count). The van der Waals surface area contributed by atoms with Gasteiger partial charge in [-0.25, -0.2) is 0 Å². The fraction of sp³-hybridized carbons (Fsp3) is 0.533. The van der Waals surface area contributed by atoms with Gasteiger partial charge in [0.05, 0.1) is 18.4 Å². The van der Waals surface area contributed by atoms with Crippen LogP contribution in [0.3, 0.4) is 0 Å². The van der Waals surface area contributed by atoms with Crippen molar-refractivity contribution in [3.63, 3.8) is 0 Å².